The summed E-state index contributed by atoms with van der Waals surface area (Å²) in [6.45, 7) is 2.29. The van der Waals surface area contributed by atoms with E-state index in [9.17, 15) is 14.0 Å². The summed E-state index contributed by atoms with van der Waals surface area (Å²) in [5.74, 6) is -0.707. The van der Waals surface area contributed by atoms with E-state index in [4.69, 9.17) is 11.6 Å². The van der Waals surface area contributed by atoms with Crippen molar-refractivity contribution in [2.24, 2.45) is 0 Å². The predicted octanol–water partition coefficient (Wildman–Crippen LogP) is 2.49. The molecule has 1 aromatic heterocycles. The second-order valence-corrected chi connectivity index (χ2v) is 5.72. The molecular formula is C16H15ClFN2O2W-. The molecule has 1 aliphatic rings. The molecule has 3 rings (SSSR count). The molecular weight excluding hydrogens is 490 g/mol. The summed E-state index contributed by atoms with van der Waals surface area (Å²) in [5.41, 5.74) is 0.358. The van der Waals surface area contributed by atoms with E-state index in [0.717, 1.165) is 29.2 Å². The number of rotatable bonds is 2. The van der Waals surface area contributed by atoms with Gasteiger partial charge in [0.15, 0.2) is 0 Å². The Hall–Kier alpha value is -1.19. The normalized spacial score (nSPS) is 13.3. The van der Waals surface area contributed by atoms with Crippen LogP contribution in [0, 0.1) is 11.9 Å². The van der Waals surface area contributed by atoms with Gasteiger partial charge in [-0.05, 0) is 38.3 Å². The van der Waals surface area contributed by atoms with Crippen molar-refractivity contribution >= 4 is 11.6 Å². The van der Waals surface area contributed by atoms with Gasteiger partial charge in [-0.1, -0.05) is 5.02 Å². The molecule has 4 nitrogen and oxygen atoms in total. The molecule has 23 heavy (non-hydrogen) atoms. The summed E-state index contributed by atoms with van der Waals surface area (Å²) in [5, 5.41) is 0.100. The Morgan fingerprint density at radius 3 is 2.65 bits per heavy atom. The van der Waals surface area contributed by atoms with E-state index in [-0.39, 0.29) is 31.8 Å². The van der Waals surface area contributed by atoms with Gasteiger partial charge in [-0.25, -0.2) is 9.18 Å². The fourth-order valence-electron chi connectivity index (χ4n) is 3.02. The van der Waals surface area contributed by atoms with E-state index in [1.165, 1.54) is 6.07 Å². The average Bonchev–Trinajstić information content (AvgIpc) is 2.50. The zero-order chi connectivity index (χ0) is 15.9. The Bertz CT molecular complexity index is 829. The molecule has 1 aliphatic carbocycles. The minimum atomic E-state index is -0.707. The van der Waals surface area contributed by atoms with Gasteiger partial charge in [-0.3, -0.25) is 13.9 Å². The standard InChI is InChI=1S/C16H15ClFN2O2.W/c1-2-19-13-6-4-3-5-11(13)15(21)20(16(19)22)14-8-7-10(17)9-12(14)18;/h8-9H,2-6H2,1H3;/q-1;. The van der Waals surface area contributed by atoms with Crippen LogP contribution in [0.4, 0.5) is 4.39 Å². The number of aromatic nitrogens is 2. The van der Waals surface area contributed by atoms with E-state index in [0.29, 0.717) is 24.9 Å². The first-order chi connectivity index (χ1) is 10.5. The smallest absolute Gasteiger partial charge is 0.298 e. The SMILES string of the molecule is CCn1c2c(c(=O)n(-c3c[c-]c(Cl)cc3F)c1=O)CCCC2.[W]. The summed E-state index contributed by atoms with van der Waals surface area (Å²) >= 11 is 5.69. The van der Waals surface area contributed by atoms with E-state index in [2.05, 4.69) is 6.07 Å². The first-order valence-corrected chi connectivity index (χ1v) is 7.67. The van der Waals surface area contributed by atoms with Gasteiger partial charge in [0, 0.05) is 44.7 Å². The number of hydrogen-bond donors (Lipinski definition) is 0. The van der Waals surface area contributed by atoms with Crippen molar-refractivity contribution in [3.8, 4) is 5.69 Å². The van der Waals surface area contributed by atoms with Crippen LogP contribution in [-0.4, -0.2) is 9.13 Å². The van der Waals surface area contributed by atoms with Gasteiger partial charge in [0.1, 0.15) is 0 Å². The summed E-state index contributed by atoms with van der Waals surface area (Å²) in [6, 6.07) is 4.93. The van der Waals surface area contributed by atoms with E-state index < -0.39 is 17.1 Å². The van der Waals surface area contributed by atoms with Gasteiger partial charge in [0.05, 0.1) is 0 Å². The first kappa shape index (κ1) is 18.2. The average molecular weight is 506 g/mol. The summed E-state index contributed by atoms with van der Waals surface area (Å²) in [7, 11) is 0. The minimum absolute atomic E-state index is 0. The third-order valence-electron chi connectivity index (χ3n) is 4.05. The van der Waals surface area contributed by atoms with E-state index in [1.807, 2.05) is 6.92 Å². The third kappa shape index (κ3) is 3.09. The van der Waals surface area contributed by atoms with Crippen LogP contribution >= 0.6 is 11.6 Å². The maximum absolute atomic E-state index is 14.2. The zero-order valence-electron chi connectivity index (χ0n) is 12.6. The monoisotopic (exact) mass is 505 g/mol. The number of halogens is 2. The van der Waals surface area contributed by atoms with Crippen LogP contribution in [0.1, 0.15) is 31.0 Å². The van der Waals surface area contributed by atoms with Crippen molar-refractivity contribution in [2.75, 3.05) is 0 Å². The van der Waals surface area contributed by atoms with Gasteiger partial charge in [0.25, 0.3) is 5.56 Å². The van der Waals surface area contributed by atoms with Gasteiger partial charge in [0.2, 0.25) is 0 Å². The Morgan fingerprint density at radius 2 is 2.00 bits per heavy atom. The molecule has 0 bridgehead atoms. The largest absolute Gasteiger partial charge is 0.324 e. The maximum Gasteiger partial charge on any atom is 0.324 e. The Balaban J connectivity index is 0.00000192. The fraction of sp³-hybridized carbons (Fsp3) is 0.375. The van der Waals surface area contributed by atoms with E-state index in [1.54, 1.807) is 4.57 Å². The molecule has 0 amide bonds. The van der Waals surface area contributed by atoms with Crippen LogP contribution in [0.25, 0.3) is 5.69 Å². The van der Waals surface area contributed by atoms with Crippen LogP contribution in [0.5, 0.6) is 0 Å². The van der Waals surface area contributed by atoms with Crippen molar-refractivity contribution in [3.63, 3.8) is 0 Å². The molecule has 0 fully saturated rings. The molecule has 122 valence electrons. The molecule has 2 aromatic rings. The van der Waals surface area contributed by atoms with Crippen LogP contribution < -0.4 is 11.2 Å². The Kier molecular flexibility index (Phi) is 5.64. The first-order valence-electron chi connectivity index (χ1n) is 7.29. The van der Waals surface area contributed by atoms with E-state index >= 15 is 0 Å². The molecule has 1 heterocycles. The van der Waals surface area contributed by atoms with Gasteiger partial charge in [-0.2, -0.15) is 6.07 Å². The topological polar surface area (TPSA) is 44.0 Å². The molecule has 0 atom stereocenters. The Labute approximate surface area is 152 Å². The molecule has 0 radical (unpaired) electrons. The van der Waals surface area contributed by atoms with Crippen LogP contribution in [0.15, 0.2) is 21.7 Å². The summed E-state index contributed by atoms with van der Waals surface area (Å²) in [6.07, 6.45) is 3.19. The molecule has 0 N–H and O–H groups in total. The maximum atomic E-state index is 14.2. The Morgan fingerprint density at radius 1 is 1.30 bits per heavy atom. The molecule has 0 spiro atoms. The van der Waals surface area contributed by atoms with Crippen LogP contribution in [-0.2, 0) is 40.5 Å². The second-order valence-electron chi connectivity index (χ2n) is 5.31. The molecule has 0 saturated carbocycles. The van der Waals surface area contributed by atoms with Gasteiger partial charge >= 0.3 is 5.69 Å². The number of benzene rings is 1. The van der Waals surface area contributed by atoms with Gasteiger partial charge in [-0.15, -0.1) is 23.7 Å². The number of hydrogen-bond acceptors (Lipinski definition) is 2. The molecule has 0 aliphatic heterocycles. The molecule has 0 unspecified atom stereocenters. The quantitative estimate of drug-likeness (QED) is 0.589. The fourth-order valence-corrected chi connectivity index (χ4v) is 3.17. The summed E-state index contributed by atoms with van der Waals surface area (Å²) < 4.78 is 16.6. The van der Waals surface area contributed by atoms with Crippen molar-refractivity contribution in [1.29, 1.82) is 0 Å². The van der Waals surface area contributed by atoms with Crippen molar-refractivity contribution < 1.29 is 25.5 Å². The van der Waals surface area contributed by atoms with Gasteiger partial charge < -0.3 is 0 Å². The van der Waals surface area contributed by atoms with Crippen molar-refractivity contribution in [2.45, 2.75) is 39.2 Å². The van der Waals surface area contributed by atoms with Crippen LogP contribution in [0.2, 0.25) is 5.02 Å². The minimum Gasteiger partial charge on any atom is -0.298 e. The zero-order valence-corrected chi connectivity index (χ0v) is 16.3. The molecule has 1 aromatic carbocycles. The third-order valence-corrected chi connectivity index (χ3v) is 4.27. The predicted molar refractivity (Wildman–Crippen MR) is 82.4 cm³/mol. The van der Waals surface area contributed by atoms with Crippen molar-refractivity contribution in [1.82, 2.24) is 9.13 Å². The molecule has 7 heteroatoms. The van der Waals surface area contributed by atoms with Crippen molar-refractivity contribution in [3.05, 3.63) is 61.1 Å². The summed E-state index contributed by atoms with van der Waals surface area (Å²) in [4.78, 5) is 25.3. The molecule has 0 saturated heterocycles. The number of fused-ring (bicyclic) bond motifs is 1. The number of nitrogens with zero attached hydrogens (tertiary/aromatic N) is 2. The van der Waals surface area contributed by atoms with Crippen LogP contribution in [0.3, 0.4) is 0 Å². The second kappa shape index (κ2) is 7.14.